The zero-order valence-corrected chi connectivity index (χ0v) is 15.7. The smallest absolute Gasteiger partial charge is 0.322 e. The first kappa shape index (κ1) is 21.1. The lowest BCUT2D eigenvalue weighted by atomic mass is 9.92. The van der Waals surface area contributed by atoms with E-state index in [1.807, 2.05) is 0 Å². The quantitative estimate of drug-likeness (QED) is 0.514. The lowest BCUT2D eigenvalue weighted by Gasteiger charge is -2.35. The van der Waals surface area contributed by atoms with Gasteiger partial charge in [0.05, 0.1) is 25.4 Å². The predicted octanol–water partition coefficient (Wildman–Crippen LogP) is 1.26. The summed E-state index contributed by atoms with van der Waals surface area (Å²) in [4.78, 5) is 23.1. The van der Waals surface area contributed by atoms with Crippen LogP contribution in [0.4, 0.5) is 4.39 Å². The number of piperidine rings is 1. The molecule has 1 saturated heterocycles. The third kappa shape index (κ3) is 5.64. The largest absolute Gasteiger partial charge is 0.494 e. The molecule has 1 heterocycles. The van der Waals surface area contributed by atoms with Crippen molar-refractivity contribution in [3.63, 3.8) is 0 Å². The number of esters is 1. The number of carbonyl (C=O) groups is 2. The van der Waals surface area contributed by atoms with Gasteiger partial charge in [-0.25, -0.2) is 12.8 Å². The standard InChI is InChI=1S/C17H22FNO7S/c1-25-17(22)12-7-8-19(15(11-12)16(20)21)27(23,24)10-2-9-26-14-5-3-13(18)4-6-14/h3-6,12,15H,2,7-11H2,1H3,(H,20,21)/t12-,15-/m1/s1. The maximum Gasteiger partial charge on any atom is 0.322 e. The fourth-order valence-electron chi connectivity index (χ4n) is 2.96. The Bertz CT molecular complexity index is 766. The summed E-state index contributed by atoms with van der Waals surface area (Å²) in [5.74, 6) is -2.75. The molecule has 150 valence electrons. The summed E-state index contributed by atoms with van der Waals surface area (Å²) in [6, 6.07) is 4.03. The molecule has 0 saturated carbocycles. The first-order valence-corrected chi connectivity index (χ1v) is 10.0. The molecule has 0 aromatic heterocycles. The van der Waals surface area contributed by atoms with Crippen LogP contribution in [0.1, 0.15) is 19.3 Å². The van der Waals surface area contributed by atoms with E-state index in [1.165, 1.54) is 31.4 Å². The van der Waals surface area contributed by atoms with Gasteiger partial charge in [0.15, 0.2) is 0 Å². The molecular formula is C17H22FNO7S. The molecule has 0 bridgehead atoms. The van der Waals surface area contributed by atoms with Crippen molar-refractivity contribution in [2.75, 3.05) is 26.0 Å². The molecule has 1 N–H and O–H groups in total. The summed E-state index contributed by atoms with van der Waals surface area (Å²) in [5.41, 5.74) is 0. The Morgan fingerprint density at radius 2 is 1.96 bits per heavy atom. The van der Waals surface area contributed by atoms with E-state index in [0.29, 0.717) is 5.75 Å². The van der Waals surface area contributed by atoms with Crippen LogP contribution in [-0.4, -0.2) is 61.8 Å². The summed E-state index contributed by atoms with van der Waals surface area (Å²) in [5, 5.41) is 9.37. The van der Waals surface area contributed by atoms with Crippen molar-refractivity contribution in [3.8, 4) is 5.75 Å². The number of sulfonamides is 1. The minimum atomic E-state index is -3.83. The molecule has 10 heteroatoms. The van der Waals surface area contributed by atoms with Gasteiger partial charge in [-0.3, -0.25) is 9.59 Å². The third-order valence-corrected chi connectivity index (χ3v) is 6.32. The number of aliphatic carboxylic acids is 1. The summed E-state index contributed by atoms with van der Waals surface area (Å²) in [6.45, 7) is 0.0269. The zero-order chi connectivity index (χ0) is 20.0. The molecule has 1 fully saturated rings. The van der Waals surface area contributed by atoms with Crippen LogP contribution in [0.5, 0.6) is 5.75 Å². The number of carbonyl (C=O) groups excluding carboxylic acids is 1. The van der Waals surface area contributed by atoms with Gasteiger partial charge < -0.3 is 14.6 Å². The highest BCUT2D eigenvalue weighted by molar-refractivity contribution is 7.89. The van der Waals surface area contributed by atoms with Gasteiger partial charge in [0, 0.05) is 6.54 Å². The third-order valence-electron chi connectivity index (χ3n) is 4.36. The molecule has 27 heavy (non-hydrogen) atoms. The van der Waals surface area contributed by atoms with Crippen LogP contribution in [0.3, 0.4) is 0 Å². The molecule has 1 aromatic rings. The lowest BCUT2D eigenvalue weighted by Crippen LogP contribution is -2.51. The Morgan fingerprint density at radius 1 is 1.30 bits per heavy atom. The van der Waals surface area contributed by atoms with Crippen LogP contribution in [0.2, 0.25) is 0 Å². The number of hydrogen-bond donors (Lipinski definition) is 1. The van der Waals surface area contributed by atoms with Crippen LogP contribution in [-0.2, 0) is 24.3 Å². The number of methoxy groups -OCH3 is 1. The number of halogens is 1. The van der Waals surface area contributed by atoms with E-state index in [4.69, 9.17) is 4.74 Å². The first-order valence-electron chi connectivity index (χ1n) is 8.43. The molecule has 1 aromatic carbocycles. The van der Waals surface area contributed by atoms with Crippen molar-refractivity contribution >= 4 is 22.0 Å². The molecule has 2 atom stereocenters. The monoisotopic (exact) mass is 403 g/mol. The van der Waals surface area contributed by atoms with Crippen molar-refractivity contribution in [2.24, 2.45) is 5.92 Å². The van der Waals surface area contributed by atoms with Crippen LogP contribution >= 0.6 is 0 Å². The van der Waals surface area contributed by atoms with Crippen LogP contribution < -0.4 is 4.74 Å². The molecule has 1 aliphatic rings. The zero-order valence-electron chi connectivity index (χ0n) is 14.8. The van der Waals surface area contributed by atoms with Crippen LogP contribution in [0.15, 0.2) is 24.3 Å². The van der Waals surface area contributed by atoms with Gasteiger partial charge in [0.2, 0.25) is 10.0 Å². The minimum absolute atomic E-state index is 0.0577. The van der Waals surface area contributed by atoms with E-state index in [9.17, 15) is 27.5 Å². The fraction of sp³-hybridized carbons (Fsp3) is 0.529. The second-order valence-corrected chi connectivity index (χ2v) is 8.22. The molecule has 0 amide bonds. The summed E-state index contributed by atoms with van der Waals surface area (Å²) < 4.78 is 48.8. The normalized spacial score (nSPS) is 20.8. The van der Waals surface area contributed by atoms with Crippen molar-refractivity contribution in [1.82, 2.24) is 4.31 Å². The molecule has 0 radical (unpaired) electrons. The van der Waals surface area contributed by atoms with Gasteiger partial charge in [-0.15, -0.1) is 0 Å². The van der Waals surface area contributed by atoms with Gasteiger partial charge in [0.25, 0.3) is 0 Å². The van der Waals surface area contributed by atoms with Crippen molar-refractivity contribution < 1.29 is 37.0 Å². The van der Waals surface area contributed by atoms with Gasteiger partial charge in [-0.2, -0.15) is 4.31 Å². The Balaban J connectivity index is 1.92. The maximum absolute atomic E-state index is 12.8. The average molecular weight is 403 g/mol. The molecule has 1 aliphatic heterocycles. The van der Waals surface area contributed by atoms with Gasteiger partial charge >= 0.3 is 11.9 Å². The fourth-order valence-corrected chi connectivity index (χ4v) is 4.63. The molecule has 8 nitrogen and oxygen atoms in total. The van der Waals surface area contributed by atoms with E-state index < -0.39 is 39.7 Å². The lowest BCUT2D eigenvalue weighted by molar-refractivity contribution is -0.150. The summed E-state index contributed by atoms with van der Waals surface area (Å²) >= 11 is 0. The topological polar surface area (TPSA) is 110 Å². The molecule has 2 rings (SSSR count). The molecule has 0 aliphatic carbocycles. The Labute approximate surface area is 156 Å². The highest BCUT2D eigenvalue weighted by atomic mass is 32.2. The molecule has 0 spiro atoms. The number of benzene rings is 1. The summed E-state index contributed by atoms with van der Waals surface area (Å²) in [6.07, 6.45) is 0.234. The van der Waals surface area contributed by atoms with Crippen molar-refractivity contribution in [1.29, 1.82) is 0 Å². The number of rotatable bonds is 8. The van der Waals surface area contributed by atoms with Crippen LogP contribution in [0, 0.1) is 11.7 Å². The van der Waals surface area contributed by atoms with E-state index in [-0.39, 0.29) is 38.2 Å². The van der Waals surface area contributed by atoms with Crippen molar-refractivity contribution in [3.05, 3.63) is 30.1 Å². The Kier molecular flexibility index (Phi) is 7.14. The minimum Gasteiger partial charge on any atom is -0.494 e. The molecular weight excluding hydrogens is 381 g/mol. The summed E-state index contributed by atoms with van der Waals surface area (Å²) in [7, 11) is -2.62. The Morgan fingerprint density at radius 3 is 2.56 bits per heavy atom. The van der Waals surface area contributed by atoms with E-state index >= 15 is 0 Å². The second-order valence-electron chi connectivity index (χ2n) is 6.18. The van der Waals surface area contributed by atoms with E-state index in [2.05, 4.69) is 4.74 Å². The number of carboxylic acid groups (broad SMARTS) is 1. The maximum atomic E-state index is 12.8. The number of nitrogens with zero attached hydrogens (tertiary/aromatic N) is 1. The van der Waals surface area contributed by atoms with E-state index in [0.717, 1.165) is 4.31 Å². The SMILES string of the molecule is COC(=O)[C@@H]1CCN(S(=O)(=O)CCCOc2ccc(F)cc2)[C@@H](C(=O)O)C1. The highest BCUT2D eigenvalue weighted by Gasteiger charge is 2.42. The Hall–Kier alpha value is -2.20. The second kappa shape index (κ2) is 9.14. The predicted molar refractivity (Wildman–Crippen MR) is 93.2 cm³/mol. The first-order chi connectivity index (χ1) is 12.7. The number of hydrogen-bond acceptors (Lipinski definition) is 6. The number of carboxylic acids is 1. The highest BCUT2D eigenvalue weighted by Crippen LogP contribution is 2.27. The molecule has 0 unspecified atom stereocenters. The van der Waals surface area contributed by atoms with Gasteiger partial charge in [-0.05, 0) is 43.5 Å². The average Bonchev–Trinajstić information content (AvgIpc) is 2.65. The van der Waals surface area contributed by atoms with Crippen LogP contribution in [0.25, 0.3) is 0 Å². The number of ether oxygens (including phenoxy) is 2. The van der Waals surface area contributed by atoms with Crippen molar-refractivity contribution in [2.45, 2.75) is 25.3 Å². The van der Waals surface area contributed by atoms with Gasteiger partial charge in [0.1, 0.15) is 17.6 Å². The van der Waals surface area contributed by atoms with E-state index in [1.54, 1.807) is 0 Å². The van der Waals surface area contributed by atoms with Gasteiger partial charge in [-0.1, -0.05) is 0 Å².